The molecule has 30 heavy (non-hydrogen) atoms. The molecule has 3 aromatic carbocycles. The number of benzene rings is 3. The van der Waals surface area contributed by atoms with E-state index in [0.29, 0.717) is 34.3 Å². The Morgan fingerprint density at radius 2 is 0.933 bits per heavy atom. The van der Waals surface area contributed by atoms with Crippen LogP contribution in [0.5, 0.6) is 34.5 Å². The molecular weight excluding hydrogens is 384 g/mol. The summed E-state index contributed by atoms with van der Waals surface area (Å²) in [4.78, 5) is 0. The van der Waals surface area contributed by atoms with Crippen LogP contribution < -0.4 is 23.7 Å². The Hall–Kier alpha value is -3.54. The number of phenolic OH excluding ortho intramolecular Hbond substituents is 1. The van der Waals surface area contributed by atoms with E-state index in [9.17, 15) is 5.11 Å². The van der Waals surface area contributed by atoms with Crippen LogP contribution in [0.4, 0.5) is 0 Å². The molecule has 1 N–H and O–H groups in total. The number of para-hydroxylation sites is 3. The number of phenols is 1. The van der Waals surface area contributed by atoms with Gasteiger partial charge in [-0.25, -0.2) is 0 Å². The van der Waals surface area contributed by atoms with Gasteiger partial charge in [0.2, 0.25) is 0 Å². The number of ether oxygens (including phenoxy) is 5. The van der Waals surface area contributed by atoms with Gasteiger partial charge < -0.3 is 28.8 Å². The maximum absolute atomic E-state index is 11.0. The molecule has 0 aliphatic heterocycles. The Bertz CT molecular complexity index is 959. The van der Waals surface area contributed by atoms with E-state index in [2.05, 4.69) is 0 Å². The van der Waals surface area contributed by atoms with E-state index in [-0.39, 0.29) is 5.75 Å². The molecule has 0 saturated heterocycles. The van der Waals surface area contributed by atoms with E-state index < -0.39 is 5.92 Å². The smallest absolute Gasteiger partial charge is 0.164 e. The lowest BCUT2D eigenvalue weighted by molar-refractivity contribution is 0.345. The number of methoxy groups -OCH3 is 5. The highest BCUT2D eigenvalue weighted by Crippen LogP contribution is 2.49. The lowest BCUT2D eigenvalue weighted by atomic mass is 9.83. The van der Waals surface area contributed by atoms with Gasteiger partial charge in [-0.2, -0.15) is 0 Å². The van der Waals surface area contributed by atoms with E-state index in [0.717, 1.165) is 11.1 Å². The molecule has 0 heterocycles. The zero-order valence-corrected chi connectivity index (χ0v) is 17.8. The highest BCUT2D eigenvalue weighted by molar-refractivity contribution is 5.63. The molecule has 0 saturated carbocycles. The standard InChI is InChI=1S/C24H26O6/c1-26-18-12-6-9-15(22(18)25)21(16-10-7-13-19(27-2)23(16)29-4)17-11-8-14-20(28-3)24(17)30-5/h6-14,21,25H,1-5H3. The Morgan fingerprint density at radius 1 is 0.533 bits per heavy atom. The van der Waals surface area contributed by atoms with Crippen LogP contribution in [0.2, 0.25) is 0 Å². The van der Waals surface area contributed by atoms with E-state index in [1.807, 2.05) is 48.5 Å². The summed E-state index contributed by atoms with van der Waals surface area (Å²) in [6.45, 7) is 0. The lowest BCUT2D eigenvalue weighted by Crippen LogP contribution is -2.09. The van der Waals surface area contributed by atoms with Crippen LogP contribution in [0.25, 0.3) is 0 Å². The maximum atomic E-state index is 11.0. The second-order valence-electron chi connectivity index (χ2n) is 6.50. The first-order chi connectivity index (χ1) is 14.6. The molecule has 0 fully saturated rings. The van der Waals surface area contributed by atoms with Gasteiger partial charge in [0.05, 0.1) is 35.5 Å². The zero-order chi connectivity index (χ0) is 21.7. The van der Waals surface area contributed by atoms with Gasteiger partial charge in [-0.3, -0.25) is 0 Å². The Labute approximate surface area is 176 Å². The van der Waals surface area contributed by atoms with Crippen molar-refractivity contribution in [2.24, 2.45) is 0 Å². The van der Waals surface area contributed by atoms with Gasteiger partial charge in [0.1, 0.15) is 0 Å². The van der Waals surface area contributed by atoms with Gasteiger partial charge in [-0.15, -0.1) is 0 Å². The topological polar surface area (TPSA) is 66.4 Å². The molecule has 0 aliphatic carbocycles. The fourth-order valence-corrected chi connectivity index (χ4v) is 3.72. The number of aromatic hydroxyl groups is 1. The van der Waals surface area contributed by atoms with Crippen LogP contribution in [-0.2, 0) is 0 Å². The molecule has 0 unspecified atom stereocenters. The minimum absolute atomic E-state index is 0.0414. The van der Waals surface area contributed by atoms with Gasteiger partial charge in [-0.1, -0.05) is 36.4 Å². The van der Waals surface area contributed by atoms with Crippen molar-refractivity contribution in [3.8, 4) is 34.5 Å². The second kappa shape index (κ2) is 9.31. The quantitative estimate of drug-likeness (QED) is 0.547. The third-order valence-corrected chi connectivity index (χ3v) is 5.05. The molecule has 0 aromatic heterocycles. The lowest BCUT2D eigenvalue weighted by Gasteiger charge is -2.25. The molecule has 3 aromatic rings. The van der Waals surface area contributed by atoms with Crippen LogP contribution in [0.15, 0.2) is 54.6 Å². The van der Waals surface area contributed by atoms with Crippen LogP contribution in [0, 0.1) is 0 Å². The van der Waals surface area contributed by atoms with E-state index in [4.69, 9.17) is 23.7 Å². The first kappa shape index (κ1) is 21.2. The summed E-state index contributed by atoms with van der Waals surface area (Å²) < 4.78 is 27.8. The molecular formula is C24H26O6. The largest absolute Gasteiger partial charge is 0.504 e. The summed E-state index contributed by atoms with van der Waals surface area (Å²) in [6, 6.07) is 16.7. The molecule has 0 spiro atoms. The highest BCUT2D eigenvalue weighted by atomic mass is 16.5. The molecule has 0 aliphatic rings. The van der Waals surface area contributed by atoms with Crippen LogP contribution >= 0.6 is 0 Å². The minimum Gasteiger partial charge on any atom is -0.504 e. The minimum atomic E-state index is -0.449. The van der Waals surface area contributed by atoms with E-state index in [1.165, 1.54) is 7.11 Å². The van der Waals surface area contributed by atoms with E-state index in [1.54, 1.807) is 34.5 Å². The summed E-state index contributed by atoms with van der Waals surface area (Å²) in [7, 11) is 7.88. The zero-order valence-electron chi connectivity index (χ0n) is 17.8. The average Bonchev–Trinajstić information content (AvgIpc) is 2.79. The fourth-order valence-electron chi connectivity index (χ4n) is 3.72. The monoisotopic (exact) mass is 410 g/mol. The van der Waals surface area contributed by atoms with Gasteiger partial charge in [0.25, 0.3) is 0 Å². The van der Waals surface area contributed by atoms with Crippen molar-refractivity contribution < 1.29 is 28.8 Å². The van der Waals surface area contributed by atoms with Crippen LogP contribution in [-0.4, -0.2) is 40.7 Å². The molecule has 0 amide bonds. The van der Waals surface area contributed by atoms with Crippen molar-refractivity contribution >= 4 is 0 Å². The molecule has 0 atom stereocenters. The highest BCUT2D eigenvalue weighted by Gasteiger charge is 2.29. The number of rotatable bonds is 8. The second-order valence-corrected chi connectivity index (χ2v) is 6.50. The predicted molar refractivity (Wildman–Crippen MR) is 115 cm³/mol. The molecule has 6 nitrogen and oxygen atoms in total. The summed E-state index contributed by atoms with van der Waals surface area (Å²) >= 11 is 0. The van der Waals surface area contributed by atoms with Crippen molar-refractivity contribution in [3.05, 3.63) is 71.3 Å². The Morgan fingerprint density at radius 3 is 1.33 bits per heavy atom. The Kier molecular flexibility index (Phi) is 6.57. The normalized spacial score (nSPS) is 10.6. The third-order valence-electron chi connectivity index (χ3n) is 5.05. The predicted octanol–water partition coefficient (Wildman–Crippen LogP) is 4.62. The summed E-state index contributed by atoms with van der Waals surface area (Å²) in [6.07, 6.45) is 0. The van der Waals surface area contributed by atoms with Gasteiger partial charge in [0, 0.05) is 22.6 Å². The van der Waals surface area contributed by atoms with Crippen molar-refractivity contribution in [3.63, 3.8) is 0 Å². The summed E-state index contributed by atoms with van der Waals surface area (Å²) in [5.41, 5.74) is 2.23. The van der Waals surface area contributed by atoms with E-state index >= 15 is 0 Å². The fraction of sp³-hybridized carbons (Fsp3) is 0.250. The van der Waals surface area contributed by atoms with Gasteiger partial charge in [0.15, 0.2) is 34.5 Å². The third kappa shape index (κ3) is 3.68. The van der Waals surface area contributed by atoms with Gasteiger partial charge >= 0.3 is 0 Å². The SMILES string of the molecule is COc1cccc(C(c2cccc(OC)c2OC)c2cccc(OC)c2OC)c1O. The first-order valence-corrected chi connectivity index (χ1v) is 9.38. The van der Waals surface area contributed by atoms with Gasteiger partial charge in [-0.05, 0) is 18.2 Å². The van der Waals surface area contributed by atoms with Crippen molar-refractivity contribution in [2.45, 2.75) is 5.92 Å². The summed E-state index contributed by atoms with van der Waals surface area (Å²) in [5, 5.41) is 11.0. The van der Waals surface area contributed by atoms with Crippen molar-refractivity contribution in [1.29, 1.82) is 0 Å². The first-order valence-electron chi connectivity index (χ1n) is 9.38. The molecule has 0 bridgehead atoms. The maximum Gasteiger partial charge on any atom is 0.164 e. The summed E-state index contributed by atoms with van der Waals surface area (Å²) in [5.74, 6) is 2.28. The van der Waals surface area contributed by atoms with Crippen molar-refractivity contribution in [2.75, 3.05) is 35.5 Å². The molecule has 158 valence electrons. The van der Waals surface area contributed by atoms with Crippen molar-refractivity contribution in [1.82, 2.24) is 0 Å². The Balaban J connectivity index is 2.39. The van der Waals surface area contributed by atoms with Crippen LogP contribution in [0.1, 0.15) is 22.6 Å². The molecule has 3 rings (SSSR count). The molecule has 0 radical (unpaired) electrons. The number of hydrogen-bond donors (Lipinski definition) is 1. The molecule has 6 heteroatoms. The average molecular weight is 410 g/mol. The van der Waals surface area contributed by atoms with Crippen LogP contribution in [0.3, 0.4) is 0 Å². The number of hydrogen-bond acceptors (Lipinski definition) is 6.